The molecule has 0 radical (unpaired) electrons. The molecule has 0 amide bonds. The van der Waals surface area contributed by atoms with Gasteiger partial charge in [0.15, 0.2) is 0 Å². The molecule has 7 heteroatoms. The minimum atomic E-state index is -3.38. The third kappa shape index (κ3) is 6.42. The average Bonchev–Trinajstić information content (AvgIpc) is 2.44. The van der Waals surface area contributed by atoms with Gasteiger partial charge in [0.2, 0.25) is 0 Å². The predicted molar refractivity (Wildman–Crippen MR) is 80.7 cm³/mol. The molecular formula is C13H24N4O2S. The van der Waals surface area contributed by atoms with Gasteiger partial charge in [-0.25, -0.2) is 4.72 Å². The van der Waals surface area contributed by atoms with E-state index in [-0.39, 0.29) is 0 Å². The van der Waals surface area contributed by atoms with Gasteiger partial charge in [-0.1, -0.05) is 13.0 Å². The second-order valence-electron chi connectivity index (χ2n) is 4.54. The van der Waals surface area contributed by atoms with E-state index in [4.69, 9.17) is 0 Å². The lowest BCUT2D eigenvalue weighted by atomic mass is 10.2. The zero-order valence-electron chi connectivity index (χ0n) is 12.2. The molecule has 20 heavy (non-hydrogen) atoms. The zero-order chi connectivity index (χ0) is 14.8. The summed E-state index contributed by atoms with van der Waals surface area (Å²) < 4.78 is 27.9. The van der Waals surface area contributed by atoms with E-state index in [0.717, 1.165) is 25.1 Å². The second-order valence-corrected chi connectivity index (χ2v) is 6.40. The summed E-state index contributed by atoms with van der Waals surface area (Å²) in [5, 5.41) is 3.17. The van der Waals surface area contributed by atoms with Crippen molar-refractivity contribution in [2.75, 3.05) is 33.2 Å². The standard InChI is InChI=1S/C13H24N4O2S/c1-3-14-9-5-11-17(2)20(18,19)16-10-7-13-6-4-8-15-12-13/h4,6,8,12,14,16H,3,5,7,9-11H2,1-2H3. The van der Waals surface area contributed by atoms with Crippen molar-refractivity contribution in [1.82, 2.24) is 19.3 Å². The molecule has 0 aliphatic carbocycles. The number of nitrogens with zero attached hydrogens (tertiary/aromatic N) is 2. The van der Waals surface area contributed by atoms with E-state index in [1.54, 1.807) is 19.4 Å². The summed E-state index contributed by atoms with van der Waals surface area (Å²) >= 11 is 0. The van der Waals surface area contributed by atoms with Crippen molar-refractivity contribution < 1.29 is 8.42 Å². The summed E-state index contributed by atoms with van der Waals surface area (Å²) in [6.45, 7) is 4.65. The fourth-order valence-corrected chi connectivity index (χ4v) is 2.65. The van der Waals surface area contributed by atoms with Gasteiger partial charge in [-0.15, -0.1) is 0 Å². The lowest BCUT2D eigenvalue weighted by Gasteiger charge is -2.17. The maximum absolute atomic E-state index is 12.0. The van der Waals surface area contributed by atoms with Crippen molar-refractivity contribution in [3.63, 3.8) is 0 Å². The summed E-state index contributed by atoms with van der Waals surface area (Å²) in [6.07, 6.45) is 4.88. The van der Waals surface area contributed by atoms with Gasteiger partial charge in [0.05, 0.1) is 0 Å². The van der Waals surface area contributed by atoms with Gasteiger partial charge in [-0.3, -0.25) is 4.98 Å². The first-order valence-electron chi connectivity index (χ1n) is 6.87. The van der Waals surface area contributed by atoms with Crippen LogP contribution in [0, 0.1) is 0 Å². The van der Waals surface area contributed by atoms with Crippen molar-refractivity contribution in [3.05, 3.63) is 30.1 Å². The molecule has 0 saturated carbocycles. The molecule has 0 bridgehead atoms. The number of hydrogen-bond acceptors (Lipinski definition) is 4. The lowest BCUT2D eigenvalue weighted by Crippen LogP contribution is -2.40. The Kier molecular flexibility index (Phi) is 7.68. The van der Waals surface area contributed by atoms with Crippen LogP contribution in [-0.2, 0) is 16.6 Å². The molecule has 6 nitrogen and oxygen atoms in total. The van der Waals surface area contributed by atoms with Crippen LogP contribution in [0.4, 0.5) is 0 Å². The highest BCUT2D eigenvalue weighted by Gasteiger charge is 2.15. The number of hydrogen-bond donors (Lipinski definition) is 2. The molecule has 0 fully saturated rings. The summed E-state index contributed by atoms with van der Waals surface area (Å²) in [7, 11) is -1.79. The van der Waals surface area contributed by atoms with Crippen LogP contribution >= 0.6 is 0 Å². The van der Waals surface area contributed by atoms with E-state index in [9.17, 15) is 8.42 Å². The fraction of sp³-hybridized carbons (Fsp3) is 0.615. The predicted octanol–water partition coefficient (Wildman–Crippen LogP) is 0.390. The van der Waals surface area contributed by atoms with Crippen LogP contribution in [0.15, 0.2) is 24.5 Å². The van der Waals surface area contributed by atoms with Crippen molar-refractivity contribution in [3.8, 4) is 0 Å². The van der Waals surface area contributed by atoms with Crippen molar-refractivity contribution >= 4 is 10.2 Å². The van der Waals surface area contributed by atoms with Gasteiger partial charge >= 0.3 is 0 Å². The molecule has 0 spiro atoms. The summed E-state index contributed by atoms with van der Waals surface area (Å²) in [4.78, 5) is 4.00. The van der Waals surface area contributed by atoms with E-state index >= 15 is 0 Å². The summed E-state index contributed by atoms with van der Waals surface area (Å²) in [5.74, 6) is 0. The fourth-order valence-electron chi connectivity index (χ4n) is 1.70. The molecule has 1 heterocycles. The Balaban J connectivity index is 2.29. The molecule has 1 aromatic heterocycles. The van der Waals surface area contributed by atoms with E-state index in [2.05, 4.69) is 15.0 Å². The van der Waals surface area contributed by atoms with Gasteiger partial charge in [-0.05, 0) is 37.6 Å². The van der Waals surface area contributed by atoms with Crippen LogP contribution in [0.1, 0.15) is 18.9 Å². The summed E-state index contributed by atoms with van der Waals surface area (Å²) in [6, 6.07) is 3.78. The Morgan fingerprint density at radius 2 is 2.15 bits per heavy atom. The highest BCUT2D eigenvalue weighted by molar-refractivity contribution is 7.87. The minimum absolute atomic E-state index is 0.381. The van der Waals surface area contributed by atoms with Crippen LogP contribution in [-0.4, -0.2) is 50.9 Å². The first-order chi connectivity index (χ1) is 9.56. The Labute approximate surface area is 121 Å². The maximum atomic E-state index is 12.0. The number of pyridine rings is 1. The second kappa shape index (κ2) is 9.02. The van der Waals surface area contributed by atoms with Crippen LogP contribution in [0.5, 0.6) is 0 Å². The Morgan fingerprint density at radius 1 is 1.35 bits per heavy atom. The Hall–Kier alpha value is -1.02. The lowest BCUT2D eigenvalue weighted by molar-refractivity contribution is 0.446. The first-order valence-corrected chi connectivity index (χ1v) is 8.31. The van der Waals surface area contributed by atoms with Crippen LogP contribution in [0.25, 0.3) is 0 Å². The van der Waals surface area contributed by atoms with E-state index in [0.29, 0.717) is 19.5 Å². The molecule has 0 atom stereocenters. The maximum Gasteiger partial charge on any atom is 0.279 e. The molecule has 0 aliphatic heterocycles. The van der Waals surface area contributed by atoms with Crippen molar-refractivity contribution in [2.24, 2.45) is 0 Å². The zero-order valence-corrected chi connectivity index (χ0v) is 13.0. The molecule has 0 unspecified atom stereocenters. The molecule has 114 valence electrons. The average molecular weight is 300 g/mol. The van der Waals surface area contributed by atoms with Crippen LogP contribution in [0.3, 0.4) is 0 Å². The number of rotatable bonds is 10. The van der Waals surface area contributed by atoms with Gasteiger partial charge in [-0.2, -0.15) is 12.7 Å². The molecule has 1 rings (SSSR count). The normalized spacial score (nSPS) is 11.9. The van der Waals surface area contributed by atoms with Gasteiger partial charge < -0.3 is 5.32 Å². The topological polar surface area (TPSA) is 74.3 Å². The number of nitrogens with one attached hydrogen (secondary N) is 2. The highest BCUT2D eigenvalue weighted by Crippen LogP contribution is 1.99. The van der Waals surface area contributed by atoms with Gasteiger partial charge in [0.1, 0.15) is 0 Å². The van der Waals surface area contributed by atoms with E-state index in [1.165, 1.54) is 4.31 Å². The monoisotopic (exact) mass is 300 g/mol. The quantitative estimate of drug-likeness (QED) is 0.613. The van der Waals surface area contributed by atoms with Crippen molar-refractivity contribution in [2.45, 2.75) is 19.8 Å². The summed E-state index contributed by atoms with van der Waals surface area (Å²) in [5.41, 5.74) is 1.02. The Morgan fingerprint density at radius 3 is 2.80 bits per heavy atom. The van der Waals surface area contributed by atoms with E-state index in [1.807, 2.05) is 19.1 Å². The van der Waals surface area contributed by atoms with Crippen LogP contribution < -0.4 is 10.0 Å². The first kappa shape index (κ1) is 17.0. The van der Waals surface area contributed by atoms with Crippen molar-refractivity contribution in [1.29, 1.82) is 0 Å². The van der Waals surface area contributed by atoms with Crippen LogP contribution in [0.2, 0.25) is 0 Å². The molecule has 0 aromatic carbocycles. The number of aromatic nitrogens is 1. The molecule has 1 aromatic rings. The third-order valence-corrected chi connectivity index (χ3v) is 4.48. The molecule has 0 aliphatic rings. The van der Waals surface area contributed by atoms with Gasteiger partial charge in [0, 0.05) is 32.5 Å². The van der Waals surface area contributed by atoms with E-state index < -0.39 is 10.2 Å². The third-order valence-electron chi connectivity index (χ3n) is 2.91. The minimum Gasteiger partial charge on any atom is -0.317 e. The molecule has 2 N–H and O–H groups in total. The highest BCUT2D eigenvalue weighted by atomic mass is 32.2. The largest absolute Gasteiger partial charge is 0.317 e. The molecular weight excluding hydrogens is 276 g/mol. The Bertz CT molecular complexity index is 465. The molecule has 0 saturated heterocycles. The smallest absolute Gasteiger partial charge is 0.279 e. The SMILES string of the molecule is CCNCCCN(C)S(=O)(=O)NCCc1cccnc1. The van der Waals surface area contributed by atoms with Gasteiger partial charge in [0.25, 0.3) is 10.2 Å².